The molecule has 1 fully saturated rings. The van der Waals surface area contributed by atoms with Gasteiger partial charge in [-0.05, 0) is 30.2 Å². The summed E-state index contributed by atoms with van der Waals surface area (Å²) >= 11 is 0. The van der Waals surface area contributed by atoms with E-state index in [4.69, 9.17) is 4.74 Å². The van der Waals surface area contributed by atoms with Crippen LogP contribution in [-0.2, 0) is 0 Å². The lowest BCUT2D eigenvalue weighted by atomic mass is 9.90. The lowest BCUT2D eigenvalue weighted by Crippen LogP contribution is -2.07. The summed E-state index contributed by atoms with van der Waals surface area (Å²) in [6.45, 7) is 4.54. The zero-order chi connectivity index (χ0) is 9.97. The first-order chi connectivity index (χ1) is 6.81. The topological polar surface area (TPSA) is 21.3 Å². The Morgan fingerprint density at radius 3 is 2.43 bits per heavy atom. The van der Waals surface area contributed by atoms with Crippen LogP contribution in [0.3, 0.4) is 0 Å². The molecule has 0 saturated carbocycles. The first kappa shape index (κ1) is 9.53. The molecular formula is C12H17NO. The van der Waals surface area contributed by atoms with Crippen LogP contribution in [-0.4, -0.2) is 20.2 Å². The van der Waals surface area contributed by atoms with Crippen molar-refractivity contribution in [2.24, 2.45) is 5.92 Å². The second kappa shape index (κ2) is 4.01. The van der Waals surface area contributed by atoms with E-state index in [1.54, 1.807) is 7.11 Å². The maximum atomic E-state index is 5.14. The summed E-state index contributed by atoms with van der Waals surface area (Å²) in [6.07, 6.45) is 0. The first-order valence-corrected chi connectivity index (χ1v) is 5.16. The van der Waals surface area contributed by atoms with Crippen molar-refractivity contribution in [2.75, 3.05) is 20.2 Å². The van der Waals surface area contributed by atoms with E-state index in [9.17, 15) is 0 Å². The molecular weight excluding hydrogens is 174 g/mol. The Morgan fingerprint density at radius 2 is 1.93 bits per heavy atom. The molecule has 1 aromatic rings. The van der Waals surface area contributed by atoms with Crippen molar-refractivity contribution >= 4 is 0 Å². The van der Waals surface area contributed by atoms with Gasteiger partial charge in [0.15, 0.2) is 0 Å². The van der Waals surface area contributed by atoms with Crippen LogP contribution >= 0.6 is 0 Å². The van der Waals surface area contributed by atoms with Crippen molar-refractivity contribution in [1.29, 1.82) is 0 Å². The summed E-state index contributed by atoms with van der Waals surface area (Å²) < 4.78 is 5.14. The van der Waals surface area contributed by atoms with Gasteiger partial charge in [-0.2, -0.15) is 0 Å². The van der Waals surface area contributed by atoms with Crippen molar-refractivity contribution in [1.82, 2.24) is 5.32 Å². The van der Waals surface area contributed by atoms with Gasteiger partial charge in [0, 0.05) is 12.5 Å². The van der Waals surface area contributed by atoms with Crippen LogP contribution in [0.2, 0.25) is 0 Å². The van der Waals surface area contributed by atoms with Crippen molar-refractivity contribution in [3.05, 3.63) is 29.8 Å². The molecule has 0 radical (unpaired) electrons. The van der Waals surface area contributed by atoms with Crippen LogP contribution in [0.4, 0.5) is 0 Å². The van der Waals surface area contributed by atoms with Gasteiger partial charge in [-0.15, -0.1) is 0 Å². The van der Waals surface area contributed by atoms with Gasteiger partial charge in [0.25, 0.3) is 0 Å². The lowest BCUT2D eigenvalue weighted by Gasteiger charge is -2.14. The highest BCUT2D eigenvalue weighted by Crippen LogP contribution is 2.28. The molecule has 0 aromatic heterocycles. The third kappa shape index (κ3) is 1.75. The average Bonchev–Trinajstić information content (AvgIpc) is 2.65. The van der Waals surface area contributed by atoms with E-state index in [1.165, 1.54) is 5.56 Å². The van der Waals surface area contributed by atoms with E-state index in [0.717, 1.165) is 24.8 Å². The summed E-state index contributed by atoms with van der Waals surface area (Å²) in [5.41, 5.74) is 1.42. The van der Waals surface area contributed by atoms with Gasteiger partial charge in [0.05, 0.1) is 7.11 Å². The number of ether oxygens (including phenoxy) is 1. The zero-order valence-electron chi connectivity index (χ0n) is 8.79. The largest absolute Gasteiger partial charge is 0.497 e. The van der Waals surface area contributed by atoms with E-state index < -0.39 is 0 Å². The van der Waals surface area contributed by atoms with Crippen molar-refractivity contribution in [3.63, 3.8) is 0 Å². The molecule has 2 rings (SSSR count). The number of rotatable bonds is 2. The molecule has 2 nitrogen and oxygen atoms in total. The Morgan fingerprint density at radius 1 is 1.21 bits per heavy atom. The molecule has 76 valence electrons. The van der Waals surface area contributed by atoms with Crippen LogP contribution in [0, 0.1) is 5.92 Å². The second-order valence-electron chi connectivity index (χ2n) is 4.02. The standard InChI is InChI=1S/C12H17NO/c1-9-7-13-8-12(9)10-3-5-11(14-2)6-4-10/h3-6,9,12-13H,7-8H2,1-2H3/t9-,12-/m0/s1. The van der Waals surface area contributed by atoms with E-state index in [0.29, 0.717) is 5.92 Å². The maximum Gasteiger partial charge on any atom is 0.118 e. The van der Waals surface area contributed by atoms with Crippen LogP contribution in [0.25, 0.3) is 0 Å². The molecule has 0 bridgehead atoms. The van der Waals surface area contributed by atoms with Gasteiger partial charge >= 0.3 is 0 Å². The van der Waals surface area contributed by atoms with Gasteiger partial charge in [-0.25, -0.2) is 0 Å². The molecule has 1 saturated heterocycles. The molecule has 1 heterocycles. The third-order valence-electron chi connectivity index (χ3n) is 3.06. The fourth-order valence-electron chi connectivity index (χ4n) is 2.11. The van der Waals surface area contributed by atoms with Crippen LogP contribution < -0.4 is 10.1 Å². The fourth-order valence-corrected chi connectivity index (χ4v) is 2.11. The van der Waals surface area contributed by atoms with Gasteiger partial charge < -0.3 is 10.1 Å². The van der Waals surface area contributed by atoms with Gasteiger partial charge in [0.2, 0.25) is 0 Å². The number of nitrogens with one attached hydrogen (secondary N) is 1. The highest BCUT2D eigenvalue weighted by molar-refractivity contribution is 5.30. The third-order valence-corrected chi connectivity index (χ3v) is 3.06. The quantitative estimate of drug-likeness (QED) is 0.772. The SMILES string of the molecule is COc1ccc([C@H]2CNC[C@@H]2C)cc1. The molecule has 1 aromatic carbocycles. The summed E-state index contributed by atoms with van der Waals surface area (Å²) in [4.78, 5) is 0. The van der Waals surface area contributed by atoms with Crippen LogP contribution in [0.5, 0.6) is 5.75 Å². The Labute approximate surface area is 85.3 Å². The predicted octanol–water partition coefficient (Wildman–Crippen LogP) is 2.02. The molecule has 1 aliphatic rings. The number of benzene rings is 1. The Kier molecular flexibility index (Phi) is 2.73. The number of hydrogen-bond donors (Lipinski definition) is 1. The highest BCUT2D eigenvalue weighted by Gasteiger charge is 2.24. The smallest absolute Gasteiger partial charge is 0.118 e. The Balaban J connectivity index is 2.16. The molecule has 1 aliphatic heterocycles. The van der Waals surface area contributed by atoms with Gasteiger partial charge in [-0.1, -0.05) is 19.1 Å². The van der Waals surface area contributed by atoms with E-state index in [-0.39, 0.29) is 0 Å². The molecule has 0 aliphatic carbocycles. The summed E-state index contributed by atoms with van der Waals surface area (Å²) in [5, 5.41) is 3.42. The Hall–Kier alpha value is -1.02. The molecule has 0 unspecified atom stereocenters. The monoisotopic (exact) mass is 191 g/mol. The minimum Gasteiger partial charge on any atom is -0.497 e. The Bertz CT molecular complexity index is 294. The van der Waals surface area contributed by atoms with Crippen LogP contribution in [0.15, 0.2) is 24.3 Å². The maximum absolute atomic E-state index is 5.14. The summed E-state index contributed by atoms with van der Waals surface area (Å²) in [6, 6.07) is 8.43. The predicted molar refractivity (Wildman–Crippen MR) is 57.8 cm³/mol. The normalized spacial score (nSPS) is 26.4. The molecule has 2 atom stereocenters. The van der Waals surface area contributed by atoms with Crippen molar-refractivity contribution in [3.8, 4) is 5.75 Å². The van der Waals surface area contributed by atoms with Gasteiger partial charge in [0.1, 0.15) is 5.75 Å². The minimum absolute atomic E-state index is 0.668. The number of hydrogen-bond acceptors (Lipinski definition) is 2. The minimum atomic E-state index is 0.668. The molecule has 1 N–H and O–H groups in total. The zero-order valence-corrected chi connectivity index (χ0v) is 8.79. The molecule has 14 heavy (non-hydrogen) atoms. The summed E-state index contributed by atoms with van der Waals surface area (Å²) in [7, 11) is 1.70. The van der Waals surface area contributed by atoms with E-state index >= 15 is 0 Å². The summed E-state index contributed by atoms with van der Waals surface area (Å²) in [5.74, 6) is 2.34. The van der Waals surface area contributed by atoms with Crippen molar-refractivity contribution < 1.29 is 4.74 Å². The van der Waals surface area contributed by atoms with E-state index in [2.05, 4.69) is 24.4 Å². The fraction of sp³-hybridized carbons (Fsp3) is 0.500. The lowest BCUT2D eigenvalue weighted by molar-refractivity contribution is 0.414. The van der Waals surface area contributed by atoms with Crippen molar-refractivity contribution in [2.45, 2.75) is 12.8 Å². The molecule has 0 spiro atoms. The molecule has 2 heteroatoms. The first-order valence-electron chi connectivity index (χ1n) is 5.16. The van der Waals surface area contributed by atoms with E-state index in [1.807, 2.05) is 12.1 Å². The molecule has 0 amide bonds. The van der Waals surface area contributed by atoms with Crippen LogP contribution in [0.1, 0.15) is 18.4 Å². The highest BCUT2D eigenvalue weighted by atomic mass is 16.5. The second-order valence-corrected chi connectivity index (χ2v) is 4.02. The van der Waals surface area contributed by atoms with Gasteiger partial charge in [-0.3, -0.25) is 0 Å². The number of methoxy groups -OCH3 is 1. The average molecular weight is 191 g/mol.